The molecule has 2 nitrogen and oxygen atoms in total. The van der Waals surface area contributed by atoms with Crippen molar-refractivity contribution in [1.82, 2.24) is 0 Å². The van der Waals surface area contributed by atoms with E-state index in [1.54, 1.807) is 14.2 Å². The molecule has 1 aliphatic carbocycles. The topological polar surface area (TPSA) is 18.5 Å². The molecule has 0 N–H and O–H groups in total. The van der Waals surface area contributed by atoms with Crippen molar-refractivity contribution >= 4 is 0 Å². The maximum Gasteiger partial charge on any atom is 0.118 e. The summed E-state index contributed by atoms with van der Waals surface area (Å²) in [4.78, 5) is 0. The maximum absolute atomic E-state index is 5.60. The van der Waals surface area contributed by atoms with Crippen LogP contribution >= 0.6 is 0 Å². The summed E-state index contributed by atoms with van der Waals surface area (Å²) in [6.07, 6.45) is 4.44. The summed E-state index contributed by atoms with van der Waals surface area (Å²) in [7, 11) is 3.46. The average Bonchev–Trinajstić information content (AvgIpc) is 3.32. The predicted octanol–water partition coefficient (Wildman–Crippen LogP) is 10.3. The van der Waals surface area contributed by atoms with Gasteiger partial charge in [-0.1, -0.05) is 99.0 Å². The van der Waals surface area contributed by atoms with Gasteiger partial charge in [-0.3, -0.25) is 0 Å². The van der Waals surface area contributed by atoms with Crippen molar-refractivity contribution in [2.24, 2.45) is 0 Å². The molecule has 218 valence electrons. The van der Waals surface area contributed by atoms with Gasteiger partial charge in [0.1, 0.15) is 11.5 Å². The summed E-state index contributed by atoms with van der Waals surface area (Å²) in [6, 6.07) is 36.4. The zero-order valence-electron chi connectivity index (χ0n) is 26.4. The lowest BCUT2D eigenvalue weighted by molar-refractivity contribution is 0.414. The Balaban J connectivity index is 1.69. The van der Waals surface area contributed by atoms with E-state index >= 15 is 0 Å². The van der Waals surface area contributed by atoms with Crippen LogP contribution in [0.15, 0.2) is 97.1 Å². The maximum atomic E-state index is 5.60. The summed E-state index contributed by atoms with van der Waals surface area (Å²) in [6.45, 7) is 9.01. The van der Waals surface area contributed by atoms with Gasteiger partial charge in [-0.05, 0) is 118 Å². The third kappa shape index (κ3) is 4.83. The minimum atomic E-state index is -0.493. The Kier molecular flexibility index (Phi) is 7.88. The third-order valence-corrected chi connectivity index (χ3v) is 9.25. The van der Waals surface area contributed by atoms with E-state index < -0.39 is 5.41 Å². The Morgan fingerprint density at radius 2 is 1.07 bits per heavy atom. The van der Waals surface area contributed by atoms with Crippen LogP contribution in [0.25, 0.3) is 22.3 Å². The van der Waals surface area contributed by atoms with Gasteiger partial charge in [0, 0.05) is 0 Å². The molecule has 43 heavy (non-hydrogen) atoms. The van der Waals surface area contributed by atoms with E-state index in [9.17, 15) is 0 Å². The second-order valence-electron chi connectivity index (χ2n) is 12.0. The molecule has 0 aliphatic heterocycles. The van der Waals surface area contributed by atoms with E-state index in [1.807, 2.05) is 0 Å². The monoisotopic (exact) mass is 566 g/mol. The smallest absolute Gasteiger partial charge is 0.118 e. The molecule has 0 saturated heterocycles. The molecule has 0 aromatic heterocycles. The number of methoxy groups -OCH3 is 2. The summed E-state index contributed by atoms with van der Waals surface area (Å²) in [5, 5.41) is 0. The minimum absolute atomic E-state index is 0.493. The number of benzene rings is 5. The molecule has 0 spiro atoms. The van der Waals surface area contributed by atoms with Crippen molar-refractivity contribution in [3.63, 3.8) is 0 Å². The highest BCUT2D eigenvalue weighted by Gasteiger charge is 2.46. The van der Waals surface area contributed by atoms with Crippen LogP contribution in [0, 0.1) is 13.8 Å². The van der Waals surface area contributed by atoms with E-state index in [4.69, 9.17) is 9.47 Å². The molecule has 2 heteroatoms. The van der Waals surface area contributed by atoms with Crippen LogP contribution in [-0.2, 0) is 18.3 Å². The average molecular weight is 567 g/mol. The van der Waals surface area contributed by atoms with Gasteiger partial charge in [-0.15, -0.1) is 0 Å². The van der Waals surface area contributed by atoms with E-state index in [2.05, 4.69) is 125 Å². The third-order valence-electron chi connectivity index (χ3n) is 9.25. The van der Waals surface area contributed by atoms with Crippen molar-refractivity contribution in [3.8, 4) is 33.8 Å². The molecule has 5 aromatic rings. The first-order valence-corrected chi connectivity index (χ1v) is 15.6. The van der Waals surface area contributed by atoms with Crippen LogP contribution in [-0.4, -0.2) is 14.2 Å². The van der Waals surface area contributed by atoms with E-state index in [1.165, 1.54) is 66.8 Å². The Morgan fingerprint density at radius 1 is 0.535 bits per heavy atom. The Labute approximate surface area is 257 Å². The number of ether oxygens (including phenoxy) is 2. The zero-order valence-corrected chi connectivity index (χ0v) is 26.4. The van der Waals surface area contributed by atoms with Gasteiger partial charge in [-0.2, -0.15) is 0 Å². The normalized spacial score (nSPS) is 13.0. The van der Waals surface area contributed by atoms with Crippen LogP contribution in [0.1, 0.15) is 71.2 Å². The van der Waals surface area contributed by atoms with Crippen molar-refractivity contribution < 1.29 is 9.47 Å². The van der Waals surface area contributed by atoms with Gasteiger partial charge in [0.25, 0.3) is 0 Å². The lowest BCUT2D eigenvalue weighted by Crippen LogP contribution is -2.28. The van der Waals surface area contributed by atoms with Crippen LogP contribution in [0.2, 0.25) is 0 Å². The fraction of sp³-hybridized carbons (Fsp3) is 0.268. The molecule has 0 atom stereocenters. The first kappa shape index (κ1) is 28.8. The molecular formula is C41H42O2. The van der Waals surface area contributed by atoms with Crippen LogP contribution in [0.3, 0.4) is 0 Å². The van der Waals surface area contributed by atoms with Crippen LogP contribution in [0.4, 0.5) is 0 Å². The Hall–Kier alpha value is -4.30. The van der Waals surface area contributed by atoms with Gasteiger partial charge in [0.15, 0.2) is 0 Å². The molecule has 0 bridgehead atoms. The number of rotatable bonds is 9. The highest BCUT2D eigenvalue weighted by atomic mass is 16.5. The Bertz CT molecular complexity index is 1710. The molecular weight excluding hydrogens is 524 g/mol. The lowest BCUT2D eigenvalue weighted by atomic mass is 9.67. The van der Waals surface area contributed by atoms with Crippen LogP contribution < -0.4 is 9.47 Å². The Morgan fingerprint density at radius 3 is 1.63 bits per heavy atom. The summed E-state index contributed by atoms with van der Waals surface area (Å²) < 4.78 is 11.2. The molecule has 0 radical (unpaired) electrons. The largest absolute Gasteiger partial charge is 0.497 e. The van der Waals surface area contributed by atoms with Gasteiger partial charge >= 0.3 is 0 Å². The number of hydrogen-bond acceptors (Lipinski definition) is 2. The molecule has 0 fully saturated rings. The number of fused-ring (bicyclic) bond motifs is 3. The highest BCUT2D eigenvalue weighted by Crippen LogP contribution is 2.57. The quantitative estimate of drug-likeness (QED) is 0.173. The van der Waals surface area contributed by atoms with E-state index in [-0.39, 0.29) is 0 Å². The predicted molar refractivity (Wildman–Crippen MR) is 180 cm³/mol. The standard InChI is InChI=1S/C41H42O2/c1-7-9-29-25-38(30(10-8-2)24-28(29)4)31-12-22-37-36-21-11-27(3)23-39(36)41(40(37)26-31,32-13-17-34(42-5)18-14-32)33-15-19-35(43-6)20-16-33/h11-26H,7-10H2,1-6H3. The van der Waals surface area contributed by atoms with E-state index in [0.29, 0.717) is 0 Å². The van der Waals surface area contributed by atoms with Gasteiger partial charge in [0.2, 0.25) is 0 Å². The van der Waals surface area contributed by atoms with Gasteiger partial charge < -0.3 is 9.47 Å². The number of aryl methyl sites for hydroxylation is 4. The summed E-state index contributed by atoms with van der Waals surface area (Å²) >= 11 is 0. The lowest BCUT2D eigenvalue weighted by Gasteiger charge is -2.34. The fourth-order valence-electron chi connectivity index (χ4n) is 7.17. The SMILES string of the molecule is CCCc1cc(-c2ccc3c(c2)C(c2ccc(OC)cc2)(c2ccc(OC)cc2)c2cc(C)ccc2-3)c(CCC)cc1C. The van der Waals surface area contributed by atoms with Gasteiger partial charge in [0.05, 0.1) is 19.6 Å². The fourth-order valence-corrected chi connectivity index (χ4v) is 7.17. The molecule has 0 amide bonds. The second kappa shape index (κ2) is 11.8. The molecule has 0 saturated carbocycles. The summed E-state index contributed by atoms with van der Waals surface area (Å²) in [5.74, 6) is 1.72. The molecule has 1 aliphatic rings. The van der Waals surface area contributed by atoms with Gasteiger partial charge in [-0.25, -0.2) is 0 Å². The zero-order chi connectivity index (χ0) is 30.1. The second-order valence-corrected chi connectivity index (χ2v) is 12.0. The number of hydrogen-bond donors (Lipinski definition) is 0. The first-order valence-electron chi connectivity index (χ1n) is 15.6. The first-order chi connectivity index (χ1) is 20.9. The van der Waals surface area contributed by atoms with Crippen molar-refractivity contribution in [3.05, 3.63) is 142 Å². The van der Waals surface area contributed by atoms with Crippen molar-refractivity contribution in [1.29, 1.82) is 0 Å². The van der Waals surface area contributed by atoms with Crippen LogP contribution in [0.5, 0.6) is 11.5 Å². The molecule has 0 unspecified atom stereocenters. The molecule has 6 rings (SSSR count). The molecule has 0 heterocycles. The minimum Gasteiger partial charge on any atom is -0.497 e. The van der Waals surface area contributed by atoms with Crippen molar-refractivity contribution in [2.45, 2.75) is 58.8 Å². The van der Waals surface area contributed by atoms with Crippen molar-refractivity contribution in [2.75, 3.05) is 14.2 Å². The summed E-state index contributed by atoms with van der Waals surface area (Å²) in [5.41, 5.74) is 15.4. The highest BCUT2D eigenvalue weighted by molar-refractivity contribution is 5.89. The molecule has 5 aromatic carbocycles. The van der Waals surface area contributed by atoms with E-state index in [0.717, 1.165) is 37.2 Å².